The number of nitrogen functional groups attached to an aromatic ring is 1. The lowest BCUT2D eigenvalue weighted by molar-refractivity contribution is 0.0698. The van der Waals surface area contributed by atoms with E-state index in [1.165, 1.54) is 6.07 Å². The summed E-state index contributed by atoms with van der Waals surface area (Å²) >= 11 is 6.32. The number of nitrogens with two attached hydrogens (primary N) is 1. The molecule has 31 heavy (non-hydrogen) atoms. The van der Waals surface area contributed by atoms with E-state index < -0.39 is 5.97 Å². The Morgan fingerprint density at radius 3 is 2.26 bits per heavy atom. The van der Waals surface area contributed by atoms with Crippen LogP contribution in [0.25, 0.3) is 22.3 Å². The predicted octanol–water partition coefficient (Wildman–Crippen LogP) is 6.53. The molecule has 0 aromatic heterocycles. The van der Waals surface area contributed by atoms with Gasteiger partial charge in [-0.05, 0) is 52.6 Å². The summed E-state index contributed by atoms with van der Waals surface area (Å²) in [5.74, 6) is -0.348. The van der Waals surface area contributed by atoms with Gasteiger partial charge in [-0.15, -0.1) is 0 Å². The van der Waals surface area contributed by atoms with Crippen molar-refractivity contribution in [2.75, 3.05) is 5.73 Å². The number of rotatable bonds is 6. The van der Waals surface area contributed by atoms with Crippen molar-refractivity contribution < 1.29 is 14.6 Å². The number of benzene rings is 4. The first kappa shape index (κ1) is 20.5. The van der Waals surface area contributed by atoms with Crippen molar-refractivity contribution in [2.24, 2.45) is 0 Å². The van der Waals surface area contributed by atoms with Crippen molar-refractivity contribution in [3.63, 3.8) is 0 Å². The van der Waals surface area contributed by atoms with Crippen LogP contribution in [0.2, 0.25) is 5.02 Å². The highest BCUT2D eigenvalue weighted by Crippen LogP contribution is 2.39. The minimum absolute atomic E-state index is 0.0795. The largest absolute Gasteiger partial charge is 0.488 e. The van der Waals surface area contributed by atoms with Crippen LogP contribution in [0.15, 0.2) is 91.0 Å². The summed E-state index contributed by atoms with van der Waals surface area (Å²) < 4.78 is 6.14. The Morgan fingerprint density at radius 2 is 1.55 bits per heavy atom. The molecular formula is C26H20ClNO3. The van der Waals surface area contributed by atoms with Crippen molar-refractivity contribution in [3.05, 3.63) is 107 Å². The van der Waals surface area contributed by atoms with Gasteiger partial charge in [0.05, 0.1) is 5.56 Å². The van der Waals surface area contributed by atoms with Crippen LogP contribution in [-0.2, 0) is 6.61 Å². The maximum atomic E-state index is 11.3. The monoisotopic (exact) mass is 429 g/mol. The fourth-order valence-electron chi connectivity index (χ4n) is 3.47. The normalized spacial score (nSPS) is 10.6. The number of hydrogen-bond donors (Lipinski definition) is 2. The summed E-state index contributed by atoms with van der Waals surface area (Å²) in [6.45, 7) is 0.428. The Morgan fingerprint density at radius 1 is 0.839 bits per heavy atom. The maximum absolute atomic E-state index is 11.3. The molecule has 5 heteroatoms. The molecule has 0 saturated carbocycles. The standard InChI is InChI=1S/C26H20ClNO3/c27-19-11-13-25(31-16-17-6-2-1-3-7-17)23(15-19)21-9-5-4-8-20(21)18-10-12-22(26(29)30)24(28)14-18/h1-15H,16,28H2,(H,29,30). The number of carboxylic acids is 1. The SMILES string of the molecule is Nc1cc(-c2ccccc2-c2cc(Cl)ccc2OCc2ccccc2)ccc1C(=O)O. The molecule has 0 aliphatic carbocycles. The molecule has 4 rings (SSSR count). The Labute approximate surface area is 185 Å². The molecule has 154 valence electrons. The Kier molecular flexibility index (Phi) is 5.92. The van der Waals surface area contributed by atoms with Crippen LogP contribution in [-0.4, -0.2) is 11.1 Å². The number of anilines is 1. The molecule has 0 atom stereocenters. The third kappa shape index (κ3) is 4.55. The van der Waals surface area contributed by atoms with Crippen LogP contribution in [0.4, 0.5) is 5.69 Å². The van der Waals surface area contributed by atoms with E-state index in [4.69, 9.17) is 22.1 Å². The molecule has 0 aliphatic heterocycles. The molecular weight excluding hydrogens is 410 g/mol. The van der Waals surface area contributed by atoms with E-state index in [0.29, 0.717) is 17.4 Å². The number of halogens is 1. The average Bonchev–Trinajstić information content (AvgIpc) is 2.78. The van der Waals surface area contributed by atoms with E-state index in [2.05, 4.69) is 0 Å². The molecule has 0 spiro atoms. The Hall–Kier alpha value is -3.76. The lowest BCUT2D eigenvalue weighted by atomic mass is 9.93. The van der Waals surface area contributed by atoms with E-state index in [1.54, 1.807) is 18.2 Å². The second kappa shape index (κ2) is 8.94. The topological polar surface area (TPSA) is 72.5 Å². The quantitative estimate of drug-likeness (QED) is 0.341. The molecule has 0 saturated heterocycles. The first-order chi connectivity index (χ1) is 15.0. The summed E-state index contributed by atoms with van der Waals surface area (Å²) in [6.07, 6.45) is 0. The fraction of sp³-hybridized carbons (Fsp3) is 0.0385. The van der Waals surface area contributed by atoms with E-state index in [-0.39, 0.29) is 11.3 Å². The smallest absolute Gasteiger partial charge is 0.337 e. The van der Waals surface area contributed by atoms with Gasteiger partial charge in [0.1, 0.15) is 12.4 Å². The van der Waals surface area contributed by atoms with Gasteiger partial charge in [-0.3, -0.25) is 0 Å². The van der Waals surface area contributed by atoms with Gasteiger partial charge >= 0.3 is 5.97 Å². The van der Waals surface area contributed by atoms with E-state index in [0.717, 1.165) is 27.8 Å². The zero-order chi connectivity index (χ0) is 21.8. The second-order valence-corrected chi connectivity index (χ2v) is 7.50. The number of carboxylic acid groups (broad SMARTS) is 1. The van der Waals surface area contributed by atoms with Crippen LogP contribution < -0.4 is 10.5 Å². The van der Waals surface area contributed by atoms with E-state index in [1.807, 2.05) is 66.7 Å². The molecule has 0 unspecified atom stereocenters. The molecule has 0 bridgehead atoms. The highest BCUT2D eigenvalue weighted by molar-refractivity contribution is 6.31. The molecule has 0 radical (unpaired) electrons. The van der Waals surface area contributed by atoms with Crippen LogP contribution in [0.1, 0.15) is 15.9 Å². The summed E-state index contributed by atoms with van der Waals surface area (Å²) in [4.78, 5) is 11.3. The van der Waals surface area contributed by atoms with Gasteiger partial charge in [0, 0.05) is 16.3 Å². The summed E-state index contributed by atoms with van der Waals surface area (Å²) in [5, 5.41) is 9.86. The zero-order valence-corrected chi connectivity index (χ0v) is 17.3. The van der Waals surface area contributed by atoms with Gasteiger partial charge < -0.3 is 15.6 Å². The number of hydrogen-bond acceptors (Lipinski definition) is 3. The lowest BCUT2D eigenvalue weighted by Gasteiger charge is -2.16. The third-order valence-corrected chi connectivity index (χ3v) is 5.22. The van der Waals surface area contributed by atoms with Crippen LogP contribution in [0.3, 0.4) is 0 Å². The van der Waals surface area contributed by atoms with Gasteiger partial charge in [0.2, 0.25) is 0 Å². The van der Waals surface area contributed by atoms with Crippen LogP contribution in [0, 0.1) is 0 Å². The molecule has 0 amide bonds. The van der Waals surface area contributed by atoms with Gasteiger partial charge in [0.25, 0.3) is 0 Å². The van der Waals surface area contributed by atoms with Gasteiger partial charge in [-0.25, -0.2) is 4.79 Å². The minimum Gasteiger partial charge on any atom is -0.488 e. The summed E-state index contributed by atoms with van der Waals surface area (Å²) in [6, 6.07) is 28.2. The summed E-state index contributed by atoms with van der Waals surface area (Å²) in [5.41, 5.74) is 10.8. The molecule has 0 heterocycles. The van der Waals surface area contributed by atoms with Gasteiger partial charge in [-0.1, -0.05) is 72.3 Å². The Balaban J connectivity index is 1.76. The molecule has 4 aromatic rings. The van der Waals surface area contributed by atoms with Gasteiger partial charge in [-0.2, -0.15) is 0 Å². The number of ether oxygens (including phenoxy) is 1. The minimum atomic E-state index is -1.05. The van der Waals surface area contributed by atoms with E-state index >= 15 is 0 Å². The molecule has 3 N–H and O–H groups in total. The Bertz CT molecular complexity index is 1240. The van der Waals surface area contributed by atoms with Crippen molar-refractivity contribution in [1.82, 2.24) is 0 Å². The second-order valence-electron chi connectivity index (χ2n) is 7.07. The average molecular weight is 430 g/mol. The van der Waals surface area contributed by atoms with Crippen LogP contribution in [0.5, 0.6) is 5.75 Å². The molecule has 4 aromatic carbocycles. The summed E-state index contributed by atoms with van der Waals surface area (Å²) in [7, 11) is 0. The first-order valence-corrected chi connectivity index (χ1v) is 10.1. The first-order valence-electron chi connectivity index (χ1n) is 9.72. The third-order valence-electron chi connectivity index (χ3n) is 4.99. The van der Waals surface area contributed by atoms with Crippen LogP contribution >= 0.6 is 11.6 Å². The molecule has 0 fully saturated rings. The highest BCUT2D eigenvalue weighted by Gasteiger charge is 2.15. The predicted molar refractivity (Wildman–Crippen MR) is 124 cm³/mol. The van der Waals surface area contributed by atoms with E-state index in [9.17, 15) is 9.90 Å². The zero-order valence-electron chi connectivity index (χ0n) is 16.6. The lowest BCUT2D eigenvalue weighted by Crippen LogP contribution is -2.02. The van der Waals surface area contributed by atoms with Crippen molar-refractivity contribution >= 4 is 23.3 Å². The molecule has 4 nitrogen and oxygen atoms in total. The maximum Gasteiger partial charge on any atom is 0.337 e. The molecule has 0 aliphatic rings. The highest BCUT2D eigenvalue weighted by atomic mass is 35.5. The van der Waals surface area contributed by atoms with Crippen molar-refractivity contribution in [1.29, 1.82) is 0 Å². The van der Waals surface area contributed by atoms with Crippen molar-refractivity contribution in [3.8, 4) is 28.0 Å². The van der Waals surface area contributed by atoms with Gasteiger partial charge in [0.15, 0.2) is 0 Å². The number of aromatic carboxylic acids is 1. The fourth-order valence-corrected chi connectivity index (χ4v) is 3.64. The van der Waals surface area contributed by atoms with Crippen molar-refractivity contribution in [2.45, 2.75) is 6.61 Å². The number of carbonyl (C=O) groups is 1.